The summed E-state index contributed by atoms with van der Waals surface area (Å²) < 4.78 is 2.53. The molecule has 13 heavy (non-hydrogen) atoms. The van der Waals surface area contributed by atoms with E-state index in [0.29, 0.717) is 6.42 Å². The molecule has 1 aliphatic heterocycles. The fourth-order valence-electron chi connectivity index (χ4n) is 1.72. The van der Waals surface area contributed by atoms with E-state index in [-0.39, 0.29) is 11.2 Å². The number of Topliss-reactive ketones (excluding diaryl/α,β-unsaturated/α-hetero) is 1. The number of aromatic nitrogens is 2. The predicted molar refractivity (Wildman–Crippen MR) is 52.7 cm³/mol. The minimum absolute atomic E-state index is 0.0372. The van der Waals surface area contributed by atoms with E-state index in [1.54, 1.807) is 10.7 Å². The molecule has 2 heterocycles. The molecule has 1 aromatic rings. The van der Waals surface area contributed by atoms with Crippen molar-refractivity contribution < 1.29 is 4.79 Å². The van der Waals surface area contributed by atoms with Gasteiger partial charge in [0.2, 0.25) is 0 Å². The number of rotatable bonds is 0. The molecule has 1 aromatic heterocycles. The van der Waals surface area contributed by atoms with Crippen molar-refractivity contribution in [3.63, 3.8) is 0 Å². The lowest BCUT2D eigenvalue weighted by Gasteiger charge is -2.28. The van der Waals surface area contributed by atoms with Crippen LogP contribution in [0.3, 0.4) is 0 Å². The van der Waals surface area contributed by atoms with Crippen molar-refractivity contribution in [3.8, 4) is 0 Å². The van der Waals surface area contributed by atoms with Crippen LogP contribution in [-0.4, -0.2) is 15.6 Å². The second-order valence-electron chi connectivity index (χ2n) is 4.27. The zero-order chi connectivity index (χ0) is 9.64. The molecule has 70 valence electrons. The van der Waals surface area contributed by atoms with Crippen molar-refractivity contribution in [2.75, 3.05) is 0 Å². The van der Waals surface area contributed by atoms with Crippen LogP contribution in [0.5, 0.6) is 0 Å². The third kappa shape index (κ3) is 1.55. The largest absolute Gasteiger partial charge is 0.292 e. The van der Waals surface area contributed by atoms with Gasteiger partial charge in [0.05, 0.1) is 0 Å². The van der Waals surface area contributed by atoms with Gasteiger partial charge < -0.3 is 0 Å². The van der Waals surface area contributed by atoms with E-state index in [0.717, 1.165) is 16.8 Å². The van der Waals surface area contributed by atoms with E-state index in [1.807, 2.05) is 0 Å². The molecule has 0 unspecified atom stereocenters. The topological polar surface area (TPSA) is 34.9 Å². The van der Waals surface area contributed by atoms with Crippen LogP contribution in [0.15, 0.2) is 10.7 Å². The summed E-state index contributed by atoms with van der Waals surface area (Å²) in [4.78, 5) is 11.6. The van der Waals surface area contributed by atoms with Crippen molar-refractivity contribution in [1.29, 1.82) is 0 Å². The normalized spacial score (nSPS) is 20.1. The van der Waals surface area contributed by atoms with Gasteiger partial charge in [0.15, 0.2) is 5.78 Å². The van der Waals surface area contributed by atoms with Gasteiger partial charge in [-0.3, -0.25) is 9.48 Å². The summed E-state index contributed by atoms with van der Waals surface area (Å²) in [5, 5.41) is 4.21. The molecule has 0 atom stereocenters. The highest BCUT2D eigenvalue weighted by atomic mass is 79.9. The van der Waals surface area contributed by atoms with Crippen molar-refractivity contribution >= 4 is 21.7 Å². The molecule has 2 rings (SSSR count). The van der Waals surface area contributed by atoms with E-state index in [2.05, 4.69) is 34.9 Å². The second kappa shape index (κ2) is 2.67. The summed E-state index contributed by atoms with van der Waals surface area (Å²) in [6, 6.07) is 1.79. The molecule has 0 amide bonds. The lowest BCUT2D eigenvalue weighted by atomic mass is 9.84. The molecule has 0 radical (unpaired) electrons. The highest BCUT2D eigenvalue weighted by molar-refractivity contribution is 9.10. The van der Waals surface area contributed by atoms with Gasteiger partial charge >= 0.3 is 0 Å². The molecule has 0 bridgehead atoms. The van der Waals surface area contributed by atoms with Crippen LogP contribution in [0.1, 0.15) is 30.8 Å². The number of fused-ring (bicyclic) bond motifs is 1. The first-order valence-electron chi connectivity index (χ1n) is 4.24. The first-order valence-corrected chi connectivity index (χ1v) is 5.04. The maximum Gasteiger partial charge on any atom is 0.181 e. The van der Waals surface area contributed by atoms with Crippen LogP contribution in [0.4, 0.5) is 0 Å². The summed E-state index contributed by atoms with van der Waals surface area (Å²) in [5.41, 5.74) is 0.765. The molecule has 0 fully saturated rings. The molecule has 0 aliphatic carbocycles. The monoisotopic (exact) mass is 242 g/mol. The molecule has 0 aromatic carbocycles. The van der Waals surface area contributed by atoms with Gasteiger partial charge in [-0.1, -0.05) is 13.8 Å². The maximum absolute atomic E-state index is 11.6. The zero-order valence-corrected chi connectivity index (χ0v) is 9.26. The molecule has 4 heteroatoms. The fraction of sp³-hybridized carbons (Fsp3) is 0.556. The van der Waals surface area contributed by atoms with Crippen LogP contribution in [0.25, 0.3) is 0 Å². The van der Waals surface area contributed by atoms with Crippen molar-refractivity contribution in [2.24, 2.45) is 5.41 Å². The Bertz CT molecular complexity index is 368. The number of nitrogens with zero attached hydrogens (tertiary/aromatic N) is 2. The van der Waals surface area contributed by atoms with Gasteiger partial charge in [-0.05, 0) is 21.3 Å². The summed E-state index contributed by atoms with van der Waals surface area (Å²) in [6.45, 7) is 4.99. The predicted octanol–water partition coefficient (Wildman–Crippen LogP) is 2.26. The van der Waals surface area contributed by atoms with E-state index in [1.165, 1.54) is 0 Å². The average Bonchev–Trinajstić information content (AvgIpc) is 2.27. The smallest absolute Gasteiger partial charge is 0.181 e. The van der Waals surface area contributed by atoms with E-state index < -0.39 is 0 Å². The Hall–Kier alpha value is -0.640. The minimum Gasteiger partial charge on any atom is -0.292 e. The van der Waals surface area contributed by atoms with E-state index in [4.69, 9.17) is 0 Å². The van der Waals surface area contributed by atoms with Gasteiger partial charge in [-0.15, -0.1) is 0 Å². The summed E-state index contributed by atoms with van der Waals surface area (Å²) in [5.74, 6) is 0.189. The fourth-order valence-corrected chi connectivity index (χ4v) is 2.13. The second-order valence-corrected chi connectivity index (χ2v) is 5.09. The van der Waals surface area contributed by atoms with Gasteiger partial charge in [0.1, 0.15) is 10.3 Å². The lowest BCUT2D eigenvalue weighted by molar-refractivity contribution is 0.0860. The Morgan fingerprint density at radius 3 is 3.00 bits per heavy atom. The number of halogens is 1. The van der Waals surface area contributed by atoms with Crippen LogP contribution in [0.2, 0.25) is 0 Å². The van der Waals surface area contributed by atoms with Crippen LogP contribution in [0, 0.1) is 5.41 Å². The van der Waals surface area contributed by atoms with Gasteiger partial charge in [0, 0.05) is 19.0 Å². The van der Waals surface area contributed by atoms with E-state index >= 15 is 0 Å². The first-order chi connectivity index (χ1) is 5.98. The van der Waals surface area contributed by atoms with Crippen LogP contribution < -0.4 is 0 Å². The van der Waals surface area contributed by atoms with E-state index in [9.17, 15) is 4.79 Å². The van der Waals surface area contributed by atoms with Crippen LogP contribution in [-0.2, 0) is 6.54 Å². The Labute approximate surface area is 85.3 Å². The summed E-state index contributed by atoms with van der Waals surface area (Å²) >= 11 is 3.27. The SMILES string of the molecule is CC1(C)CC(=O)c2cc(Br)nn2C1. The van der Waals surface area contributed by atoms with Crippen molar-refractivity contribution in [2.45, 2.75) is 26.8 Å². The standard InChI is InChI=1S/C9H11BrN2O/c1-9(2)4-7(13)6-3-8(10)11-12(6)5-9/h3H,4-5H2,1-2H3. The summed E-state index contributed by atoms with van der Waals surface area (Å²) in [7, 11) is 0. The van der Waals surface area contributed by atoms with Gasteiger partial charge in [-0.25, -0.2) is 0 Å². The third-order valence-corrected chi connectivity index (χ3v) is 2.64. The number of carbonyl (C=O) groups is 1. The number of carbonyl (C=O) groups excluding carboxylic acids is 1. The quantitative estimate of drug-likeness (QED) is 0.700. The number of hydrogen-bond donors (Lipinski definition) is 0. The van der Waals surface area contributed by atoms with Gasteiger partial charge in [-0.2, -0.15) is 5.10 Å². The minimum atomic E-state index is 0.0372. The molecule has 0 N–H and O–H groups in total. The number of hydrogen-bond acceptors (Lipinski definition) is 2. The Balaban J connectivity index is 2.48. The highest BCUT2D eigenvalue weighted by Crippen LogP contribution is 2.31. The molecular formula is C9H11BrN2O. The molecular weight excluding hydrogens is 232 g/mol. The number of ketones is 1. The average molecular weight is 243 g/mol. The highest BCUT2D eigenvalue weighted by Gasteiger charge is 2.31. The lowest BCUT2D eigenvalue weighted by Crippen LogP contribution is -2.31. The maximum atomic E-state index is 11.6. The zero-order valence-electron chi connectivity index (χ0n) is 7.67. The Morgan fingerprint density at radius 2 is 2.31 bits per heavy atom. The van der Waals surface area contributed by atoms with Crippen molar-refractivity contribution in [3.05, 3.63) is 16.4 Å². The molecule has 0 saturated heterocycles. The van der Waals surface area contributed by atoms with Gasteiger partial charge in [0.25, 0.3) is 0 Å². The molecule has 1 aliphatic rings. The first kappa shape index (κ1) is 8.94. The summed E-state index contributed by atoms with van der Waals surface area (Å²) in [6.07, 6.45) is 0.616. The third-order valence-electron chi connectivity index (χ3n) is 2.25. The molecule has 3 nitrogen and oxygen atoms in total. The van der Waals surface area contributed by atoms with Crippen molar-refractivity contribution in [1.82, 2.24) is 9.78 Å². The molecule has 0 spiro atoms. The Kier molecular flexibility index (Phi) is 1.84. The Morgan fingerprint density at radius 1 is 1.62 bits per heavy atom. The van der Waals surface area contributed by atoms with Crippen LogP contribution >= 0.6 is 15.9 Å². The molecule has 0 saturated carbocycles.